The van der Waals surface area contributed by atoms with E-state index in [1.54, 1.807) is 111 Å². The van der Waals surface area contributed by atoms with Crippen molar-refractivity contribution in [1.29, 1.82) is 0 Å². The molecule has 3 aliphatic rings. The summed E-state index contributed by atoms with van der Waals surface area (Å²) >= 11 is 0.745. The SMILES string of the molecule is C.CCCC[C@H]1C(=O)N2CCC[C@@H]2C(=O)C[C@@H](CN)C(=O)C[C@@H](C(C)C)C(=O)N(C)[C@@H](Cc2ccccc2)C(=O)N[C@@H](Cc2ccc(CN)cc2)C(=O)N2CCCC[C@@H]2C(=O)NC[C@@H](Cc2c[nH]c3ccccc23)C(=O)N[C@@H](Cc2ccc(O)cc2)C(=O)N[C@@H](CCCCN)C(=O)N[C@H](C(=O)CCC(N)=O)CSCC(=O)N[C@@H](Cc2cc(F)c(F)c(F)c2)C(=O)N(C)[C@@H](Cc2ccccc2)C(=O)N1C. The summed E-state index contributed by atoms with van der Waals surface area (Å²) in [5.41, 5.74) is 28.0. The van der Waals surface area contributed by atoms with Crippen molar-refractivity contribution in [2.75, 3.05) is 65.4 Å². The fraction of sp³-hybridized carbons (Fsp3) is 0.485. The van der Waals surface area contributed by atoms with Crippen LogP contribution in [0.25, 0.3) is 10.9 Å². The van der Waals surface area contributed by atoms with Crippen LogP contribution in [0.1, 0.15) is 163 Å². The van der Waals surface area contributed by atoms with Gasteiger partial charge in [-0.1, -0.05) is 156 Å². The highest BCUT2D eigenvalue weighted by molar-refractivity contribution is 8.00. The van der Waals surface area contributed by atoms with E-state index in [-0.39, 0.29) is 116 Å². The number of carbonyl (C=O) groups is 15. The van der Waals surface area contributed by atoms with Crippen molar-refractivity contribution in [2.45, 2.75) is 230 Å². The molecular weight excluding hydrogens is 1810 g/mol. The van der Waals surface area contributed by atoms with Gasteiger partial charge in [0.15, 0.2) is 29.0 Å². The number of hydrogen-bond acceptors (Lipinski definition) is 20. The molecule has 3 aliphatic heterocycles. The number of Topliss-reactive ketones (excluding diaryl/α,β-unsaturated/α-hetero) is 3. The smallest absolute Gasteiger partial charge is 0.246 e. The van der Waals surface area contributed by atoms with Gasteiger partial charge in [-0.3, -0.25) is 71.9 Å². The molecule has 0 unspecified atom stereocenters. The topological polar surface area (TPSA) is 485 Å². The van der Waals surface area contributed by atoms with Gasteiger partial charge in [-0.2, -0.15) is 0 Å². The van der Waals surface area contributed by atoms with E-state index in [0.717, 1.165) is 27.6 Å². The lowest BCUT2D eigenvalue weighted by Crippen LogP contribution is -2.60. The fourth-order valence-electron chi connectivity index (χ4n) is 18.1. The summed E-state index contributed by atoms with van der Waals surface area (Å²) in [6.07, 6.45) is 1.13. The molecule has 0 bridgehead atoms. The number of amides is 12. The molecule has 4 heterocycles. The maximum Gasteiger partial charge on any atom is 0.246 e. The van der Waals surface area contributed by atoms with Gasteiger partial charge in [-0.25, -0.2) is 13.2 Å². The predicted molar refractivity (Wildman–Crippen MR) is 522 cm³/mol. The van der Waals surface area contributed by atoms with Gasteiger partial charge >= 0.3 is 0 Å². The molecule has 139 heavy (non-hydrogen) atoms. The number of nitrogens with two attached hydrogens (primary N) is 4. The van der Waals surface area contributed by atoms with E-state index in [4.69, 9.17) is 22.9 Å². The van der Waals surface area contributed by atoms with Crippen LogP contribution in [-0.4, -0.2) is 249 Å². The molecular formula is C103H135F3N16O16S. The number of halogens is 3. The van der Waals surface area contributed by atoms with E-state index in [1.165, 1.54) is 65.0 Å². The number of aromatic hydroxyl groups is 1. The lowest BCUT2D eigenvalue weighted by molar-refractivity contribution is -0.152. The van der Waals surface area contributed by atoms with Crippen molar-refractivity contribution in [3.63, 3.8) is 0 Å². The number of piperidine rings is 1. The standard InChI is InChI=1S/C102H131F3N16O16S.CH4/c1-7-8-29-84-102(137)120-44-21-31-82(120)89(125)53-68(56-108)88(124)54-73(61(2)3)98(133)118(5)85(50-62-22-11-9-12-23-62)97(132)115-80(48-64-32-34-66(55-107)35-33-64)100(135)121-43-20-18-30-83(121)96(131)111-58-70(52-69-57-110-76-27-16-15-26-72(69)76)93(128)114-78(47-65-36-38-71(122)39-37-65)95(130)113-77(28-17-19-42-106)94(129)116-81(87(123)40-41-90(109)126)59-138-60-91(127)112-79(49-67-45-74(103)92(105)75(104)46-67)99(134)119(6)86(101(136)117(84)4)51-63-24-13-10-14-25-63;/h9-16,22-27,32-39,45-46,57,61,68,70,73,77-86,110,122H,7-8,17-21,28-31,40-44,47-56,58-60,106-108H2,1-6H3,(H2,109,126)(H,111,131)(H,112,127)(H,113,130)(H,114,128)(H,115,132)(H,116,129);1H4/t68-,70+,73-,77-,78-,79-,80-,81-,82+,83+,84-,85-,86-;/m0./s1. The van der Waals surface area contributed by atoms with E-state index < -0.39 is 240 Å². The molecule has 16 N–H and O–H groups in total. The molecule has 6 aromatic carbocycles. The second kappa shape index (κ2) is 53.5. The number of nitrogens with one attached hydrogen (secondary N) is 7. The molecule has 1 aromatic heterocycles. The van der Waals surface area contributed by atoms with Crippen LogP contribution in [0, 0.1) is 41.1 Å². The number of primary amides is 1. The number of likely N-dealkylation sites (N-methyl/N-ethyl adjacent to an activating group) is 3. The number of aromatic nitrogens is 1. The molecule has 32 nitrogen and oxygen atoms in total. The first-order valence-corrected chi connectivity index (χ1v) is 48.6. The summed E-state index contributed by atoms with van der Waals surface area (Å²) in [4.78, 5) is 237. The number of H-pyrrole nitrogens is 1. The van der Waals surface area contributed by atoms with E-state index in [0.29, 0.717) is 84.0 Å². The number of phenolic OH excluding ortho intramolecular Hbond substituents is 1. The number of nitrogens with zero attached hydrogens (tertiary/aromatic N) is 5. The number of benzene rings is 6. The van der Waals surface area contributed by atoms with Crippen LogP contribution in [0.15, 0.2) is 152 Å². The fourth-order valence-corrected chi connectivity index (χ4v) is 19.0. The molecule has 0 saturated carbocycles. The first kappa shape index (κ1) is 110. The first-order chi connectivity index (χ1) is 66.1. The van der Waals surface area contributed by atoms with Crippen LogP contribution < -0.4 is 54.8 Å². The number of aromatic amines is 1. The molecule has 7 aromatic rings. The lowest BCUT2D eigenvalue weighted by atomic mass is 9.83. The summed E-state index contributed by atoms with van der Waals surface area (Å²) in [5, 5.41) is 28.2. The van der Waals surface area contributed by atoms with E-state index >= 15 is 66.3 Å². The zero-order valence-corrected chi connectivity index (χ0v) is 80.0. The van der Waals surface area contributed by atoms with Gasteiger partial charge in [-0.05, 0) is 146 Å². The van der Waals surface area contributed by atoms with Crippen LogP contribution in [0.2, 0.25) is 0 Å². The van der Waals surface area contributed by atoms with Gasteiger partial charge in [0.05, 0.1) is 23.8 Å². The highest BCUT2D eigenvalue weighted by atomic mass is 32.2. The molecule has 10 rings (SSSR count). The van der Waals surface area contributed by atoms with Gasteiger partial charge in [0, 0.05) is 146 Å². The van der Waals surface area contributed by atoms with Crippen molar-refractivity contribution < 1.29 is 90.2 Å². The molecule has 0 radical (unpaired) electrons. The van der Waals surface area contributed by atoms with Crippen LogP contribution in [0.4, 0.5) is 13.2 Å². The Morgan fingerprint density at radius 1 is 0.504 bits per heavy atom. The average Bonchev–Trinajstić information content (AvgIpc) is 1.68. The first-order valence-electron chi connectivity index (χ1n) is 47.5. The summed E-state index contributed by atoms with van der Waals surface area (Å²) in [7, 11) is 4.05. The number of carbonyl (C=O) groups excluding carboxylic acids is 15. The van der Waals surface area contributed by atoms with Crippen LogP contribution in [-0.2, 0) is 117 Å². The Morgan fingerprint density at radius 2 is 1.06 bits per heavy atom. The number of para-hydroxylation sites is 1. The average molecular weight is 1940 g/mol. The summed E-state index contributed by atoms with van der Waals surface area (Å²) in [6, 6.07) is 24.3. The summed E-state index contributed by atoms with van der Waals surface area (Å²) in [5.74, 6) is -21.9. The third-order valence-corrected chi connectivity index (χ3v) is 27.3. The van der Waals surface area contributed by atoms with E-state index in [9.17, 15) is 23.9 Å². The number of ketones is 3. The van der Waals surface area contributed by atoms with Crippen LogP contribution >= 0.6 is 11.8 Å². The Morgan fingerprint density at radius 3 is 1.69 bits per heavy atom. The number of thioether (sulfide) groups is 1. The molecule has 3 fully saturated rings. The zero-order chi connectivity index (χ0) is 100.0. The Bertz CT molecular complexity index is 5390. The Labute approximate surface area is 814 Å². The van der Waals surface area contributed by atoms with E-state index in [1.807, 2.05) is 25.1 Å². The van der Waals surface area contributed by atoms with E-state index in [2.05, 4.69) is 36.9 Å². The minimum atomic E-state index is -1.83. The van der Waals surface area contributed by atoms with Gasteiger partial charge in [0.25, 0.3) is 0 Å². The number of fused-ring (bicyclic) bond motifs is 3. The number of hydrogen-bond donors (Lipinski definition) is 12. The molecule has 0 spiro atoms. The number of phenols is 1. The Hall–Kier alpha value is -12.7. The largest absolute Gasteiger partial charge is 0.508 e. The normalized spacial score (nSPS) is 23.3. The molecule has 36 heteroatoms. The van der Waals surface area contributed by atoms with Gasteiger partial charge in [0.2, 0.25) is 70.9 Å². The highest BCUT2D eigenvalue weighted by Crippen LogP contribution is 2.32. The third-order valence-electron chi connectivity index (χ3n) is 26.3. The second-order valence-electron chi connectivity index (χ2n) is 36.5. The minimum Gasteiger partial charge on any atom is -0.508 e. The van der Waals surface area contributed by atoms with Crippen molar-refractivity contribution >= 4 is 111 Å². The molecule has 750 valence electrons. The Kier molecular flexibility index (Phi) is 42.3. The third kappa shape index (κ3) is 30.7. The summed E-state index contributed by atoms with van der Waals surface area (Å²) in [6.45, 7) is 4.99. The Balaban J connectivity index is 0.0000216. The maximum atomic E-state index is 15.9. The molecule has 13 atom stereocenters. The number of unbranched alkanes of at least 4 members (excludes halogenated alkanes) is 2. The monoisotopic (exact) mass is 1940 g/mol. The predicted octanol–water partition coefficient (Wildman–Crippen LogP) is 6.82. The second-order valence-corrected chi connectivity index (χ2v) is 37.6. The zero-order valence-electron chi connectivity index (χ0n) is 79.2. The van der Waals surface area contributed by atoms with Crippen molar-refractivity contribution in [2.24, 2.45) is 46.6 Å². The quantitative estimate of drug-likeness (QED) is 0.0195. The number of rotatable bonds is 26. The van der Waals surface area contributed by atoms with Crippen molar-refractivity contribution in [3.05, 3.63) is 208 Å². The van der Waals surface area contributed by atoms with Crippen molar-refractivity contribution in [1.82, 2.24) is 61.4 Å². The maximum absolute atomic E-state index is 15.9. The molecule has 0 aliphatic carbocycles. The highest BCUT2D eigenvalue weighted by Gasteiger charge is 2.46. The lowest BCUT2D eigenvalue weighted by Gasteiger charge is -2.38. The molecule has 12 amide bonds. The van der Waals surface area contributed by atoms with Crippen LogP contribution in [0.5, 0.6) is 5.75 Å². The summed E-state index contributed by atoms with van der Waals surface area (Å²) < 4.78 is 45.2. The van der Waals surface area contributed by atoms with Gasteiger partial charge in [-0.15, -0.1) is 11.8 Å². The van der Waals surface area contributed by atoms with Gasteiger partial charge in [0.1, 0.15) is 59.9 Å². The minimum absolute atomic E-state index is 0. The van der Waals surface area contributed by atoms with Crippen molar-refractivity contribution in [3.8, 4) is 5.75 Å². The molecule has 3 saturated heterocycles. The van der Waals surface area contributed by atoms with Gasteiger partial charge < -0.3 is 89.4 Å². The van der Waals surface area contributed by atoms with Crippen LogP contribution in [0.3, 0.4) is 0 Å².